The molecule has 21 heavy (non-hydrogen) atoms. The molecule has 110 valence electrons. The minimum absolute atomic E-state index is 0.0171. The van der Waals surface area contributed by atoms with Crippen LogP contribution in [0.1, 0.15) is 41.6 Å². The molecule has 2 aromatic rings. The summed E-state index contributed by atoms with van der Waals surface area (Å²) in [4.78, 5) is 23.6. The first kappa shape index (κ1) is 14.9. The quantitative estimate of drug-likeness (QED) is 0.847. The molecule has 0 unspecified atom stereocenters. The van der Waals surface area contributed by atoms with Crippen molar-refractivity contribution in [1.29, 1.82) is 0 Å². The molecule has 2 heterocycles. The summed E-state index contributed by atoms with van der Waals surface area (Å²) < 4.78 is 0. The molecule has 6 heteroatoms. The highest BCUT2D eigenvalue weighted by Gasteiger charge is 2.15. The van der Waals surface area contributed by atoms with Gasteiger partial charge in [0.25, 0.3) is 0 Å². The standard InChI is InChI=1S/C15H18N4O2/c1-10(2)14-18-9-12(13(19-14)15(20)21)17-8-5-11-3-6-16-7-4-11/h3-4,6-7,9-10,17H,5,8H2,1-2H3,(H,20,21). The van der Waals surface area contributed by atoms with Gasteiger partial charge in [0.05, 0.1) is 11.9 Å². The van der Waals surface area contributed by atoms with Crippen LogP contribution >= 0.6 is 0 Å². The van der Waals surface area contributed by atoms with Crippen LogP contribution in [0.2, 0.25) is 0 Å². The van der Waals surface area contributed by atoms with Gasteiger partial charge in [0, 0.05) is 24.9 Å². The number of pyridine rings is 1. The highest BCUT2D eigenvalue weighted by molar-refractivity contribution is 5.91. The molecule has 0 saturated heterocycles. The molecule has 0 aromatic carbocycles. The van der Waals surface area contributed by atoms with E-state index < -0.39 is 5.97 Å². The van der Waals surface area contributed by atoms with Crippen molar-refractivity contribution < 1.29 is 9.90 Å². The molecule has 0 amide bonds. The molecule has 2 N–H and O–H groups in total. The Morgan fingerprint density at radius 1 is 1.33 bits per heavy atom. The monoisotopic (exact) mass is 286 g/mol. The fourth-order valence-corrected chi connectivity index (χ4v) is 1.86. The van der Waals surface area contributed by atoms with E-state index in [0.29, 0.717) is 18.1 Å². The van der Waals surface area contributed by atoms with E-state index in [2.05, 4.69) is 20.3 Å². The fraction of sp³-hybridized carbons (Fsp3) is 0.333. The van der Waals surface area contributed by atoms with Crippen LogP contribution in [-0.4, -0.2) is 32.6 Å². The third-order valence-electron chi connectivity index (χ3n) is 3.00. The third kappa shape index (κ3) is 3.98. The van der Waals surface area contributed by atoms with Gasteiger partial charge in [0.15, 0.2) is 5.69 Å². The molecule has 0 bridgehead atoms. The Balaban J connectivity index is 2.07. The van der Waals surface area contributed by atoms with Crippen molar-refractivity contribution in [3.05, 3.63) is 47.8 Å². The zero-order valence-corrected chi connectivity index (χ0v) is 12.1. The van der Waals surface area contributed by atoms with E-state index in [-0.39, 0.29) is 11.6 Å². The Morgan fingerprint density at radius 2 is 2.05 bits per heavy atom. The van der Waals surface area contributed by atoms with Gasteiger partial charge < -0.3 is 10.4 Å². The summed E-state index contributed by atoms with van der Waals surface area (Å²) in [6.45, 7) is 4.46. The minimum atomic E-state index is -1.05. The number of nitrogens with one attached hydrogen (secondary N) is 1. The highest BCUT2D eigenvalue weighted by Crippen LogP contribution is 2.16. The second kappa shape index (κ2) is 6.78. The smallest absolute Gasteiger partial charge is 0.356 e. The lowest BCUT2D eigenvalue weighted by Gasteiger charge is -2.11. The van der Waals surface area contributed by atoms with Gasteiger partial charge in [0.2, 0.25) is 0 Å². The second-order valence-electron chi connectivity index (χ2n) is 4.98. The van der Waals surface area contributed by atoms with Gasteiger partial charge in [-0.3, -0.25) is 4.98 Å². The van der Waals surface area contributed by atoms with Crippen LogP contribution in [0.15, 0.2) is 30.7 Å². The van der Waals surface area contributed by atoms with Crippen molar-refractivity contribution in [2.75, 3.05) is 11.9 Å². The SMILES string of the molecule is CC(C)c1ncc(NCCc2ccncc2)c(C(=O)O)n1. The Hall–Kier alpha value is -2.50. The third-order valence-corrected chi connectivity index (χ3v) is 3.00. The summed E-state index contributed by atoms with van der Waals surface area (Å²) in [7, 11) is 0. The molecule has 2 aromatic heterocycles. The van der Waals surface area contributed by atoms with Crippen LogP contribution < -0.4 is 5.32 Å². The molecule has 0 aliphatic heterocycles. The number of anilines is 1. The number of hydrogen-bond donors (Lipinski definition) is 2. The maximum absolute atomic E-state index is 11.3. The number of rotatable bonds is 6. The van der Waals surface area contributed by atoms with Gasteiger partial charge in [-0.2, -0.15) is 0 Å². The predicted octanol–water partition coefficient (Wildman–Crippen LogP) is 2.35. The zero-order chi connectivity index (χ0) is 15.2. The normalized spacial score (nSPS) is 10.6. The summed E-state index contributed by atoms with van der Waals surface area (Å²) in [5.74, 6) is -0.424. The molecule has 0 spiro atoms. The van der Waals surface area contributed by atoms with E-state index in [1.807, 2.05) is 26.0 Å². The van der Waals surface area contributed by atoms with Crippen molar-refractivity contribution >= 4 is 11.7 Å². The van der Waals surface area contributed by atoms with Crippen LogP contribution in [0.5, 0.6) is 0 Å². The van der Waals surface area contributed by atoms with E-state index >= 15 is 0 Å². The van der Waals surface area contributed by atoms with Crippen molar-refractivity contribution in [2.45, 2.75) is 26.2 Å². The Kier molecular flexibility index (Phi) is 4.81. The predicted molar refractivity (Wildman–Crippen MR) is 79.5 cm³/mol. The summed E-state index contributed by atoms with van der Waals surface area (Å²) in [6.07, 6.45) is 5.78. The maximum atomic E-state index is 11.3. The molecule has 0 aliphatic rings. The molecular formula is C15H18N4O2. The van der Waals surface area contributed by atoms with Gasteiger partial charge in [-0.1, -0.05) is 13.8 Å². The lowest BCUT2D eigenvalue weighted by atomic mass is 10.2. The zero-order valence-electron chi connectivity index (χ0n) is 12.1. The molecule has 2 rings (SSSR count). The lowest BCUT2D eigenvalue weighted by molar-refractivity contribution is 0.0691. The maximum Gasteiger partial charge on any atom is 0.356 e. The van der Waals surface area contributed by atoms with E-state index in [1.54, 1.807) is 18.6 Å². The van der Waals surface area contributed by atoms with E-state index in [0.717, 1.165) is 12.0 Å². The second-order valence-corrected chi connectivity index (χ2v) is 4.98. The first-order valence-electron chi connectivity index (χ1n) is 6.81. The van der Waals surface area contributed by atoms with Gasteiger partial charge in [0.1, 0.15) is 5.82 Å². The molecule has 0 fully saturated rings. The Morgan fingerprint density at radius 3 is 2.67 bits per heavy atom. The van der Waals surface area contributed by atoms with Crippen LogP contribution in [0.4, 0.5) is 5.69 Å². The van der Waals surface area contributed by atoms with Gasteiger partial charge in [-0.25, -0.2) is 14.8 Å². The topological polar surface area (TPSA) is 88.0 Å². The largest absolute Gasteiger partial charge is 0.476 e. The van der Waals surface area contributed by atoms with Crippen molar-refractivity contribution in [1.82, 2.24) is 15.0 Å². The molecule has 0 radical (unpaired) electrons. The van der Waals surface area contributed by atoms with Crippen LogP contribution in [0, 0.1) is 0 Å². The van der Waals surface area contributed by atoms with Gasteiger partial charge in [-0.05, 0) is 24.1 Å². The molecule has 0 saturated carbocycles. The number of carboxylic acids is 1. The number of nitrogens with zero attached hydrogens (tertiary/aromatic N) is 3. The summed E-state index contributed by atoms with van der Waals surface area (Å²) in [5.41, 5.74) is 1.60. The van der Waals surface area contributed by atoms with Crippen LogP contribution in [0.3, 0.4) is 0 Å². The minimum Gasteiger partial charge on any atom is -0.476 e. The van der Waals surface area contributed by atoms with Crippen LogP contribution in [-0.2, 0) is 6.42 Å². The van der Waals surface area contributed by atoms with E-state index in [1.165, 1.54) is 0 Å². The van der Waals surface area contributed by atoms with Gasteiger partial charge >= 0.3 is 5.97 Å². The molecular weight excluding hydrogens is 268 g/mol. The number of carboxylic acid groups (broad SMARTS) is 1. The van der Waals surface area contributed by atoms with E-state index in [9.17, 15) is 9.90 Å². The van der Waals surface area contributed by atoms with Crippen LogP contribution in [0.25, 0.3) is 0 Å². The average molecular weight is 286 g/mol. The van der Waals surface area contributed by atoms with Crippen molar-refractivity contribution in [3.63, 3.8) is 0 Å². The van der Waals surface area contributed by atoms with Gasteiger partial charge in [-0.15, -0.1) is 0 Å². The lowest BCUT2D eigenvalue weighted by Crippen LogP contribution is -2.14. The van der Waals surface area contributed by atoms with Crippen molar-refractivity contribution in [2.24, 2.45) is 0 Å². The fourth-order valence-electron chi connectivity index (χ4n) is 1.86. The number of aromatic carboxylic acids is 1. The number of aromatic nitrogens is 3. The summed E-state index contributed by atoms with van der Waals surface area (Å²) in [5, 5.41) is 12.3. The van der Waals surface area contributed by atoms with E-state index in [4.69, 9.17) is 0 Å². The molecule has 0 atom stereocenters. The summed E-state index contributed by atoms with van der Waals surface area (Å²) in [6, 6.07) is 3.86. The first-order valence-corrected chi connectivity index (χ1v) is 6.81. The molecule has 6 nitrogen and oxygen atoms in total. The molecule has 0 aliphatic carbocycles. The number of carbonyl (C=O) groups is 1. The highest BCUT2D eigenvalue weighted by atomic mass is 16.4. The average Bonchev–Trinajstić information content (AvgIpc) is 2.48. The first-order chi connectivity index (χ1) is 10.1. The number of hydrogen-bond acceptors (Lipinski definition) is 5. The summed E-state index contributed by atoms with van der Waals surface area (Å²) >= 11 is 0. The van der Waals surface area contributed by atoms with Crippen molar-refractivity contribution in [3.8, 4) is 0 Å². The Bertz CT molecular complexity index is 614. The Labute approximate surface area is 123 Å².